The molecule has 0 aromatic heterocycles. The van der Waals surface area contributed by atoms with Crippen LogP contribution in [0.15, 0.2) is 28.7 Å². The van der Waals surface area contributed by atoms with Gasteiger partial charge in [-0.3, -0.25) is 4.79 Å². The maximum atomic E-state index is 12.6. The highest BCUT2D eigenvalue weighted by Gasteiger charge is 2.38. The average molecular weight is 339 g/mol. The smallest absolute Gasteiger partial charge is 0.227 e. The summed E-state index contributed by atoms with van der Waals surface area (Å²) in [5.41, 5.74) is 6.67. The fraction of sp³-hybridized carbons (Fsp3) is 0.562. The predicted octanol–water partition coefficient (Wildman–Crippen LogP) is 3.54. The van der Waals surface area contributed by atoms with Crippen molar-refractivity contribution in [1.82, 2.24) is 5.32 Å². The maximum Gasteiger partial charge on any atom is 0.227 e. The molecule has 4 heteroatoms. The van der Waals surface area contributed by atoms with Crippen LogP contribution < -0.4 is 11.1 Å². The monoisotopic (exact) mass is 338 g/mol. The second-order valence-electron chi connectivity index (χ2n) is 5.80. The first kappa shape index (κ1) is 15.5. The Kier molecular flexibility index (Phi) is 5.22. The van der Waals surface area contributed by atoms with Crippen LogP contribution in [0.25, 0.3) is 0 Å². The molecule has 1 aliphatic carbocycles. The minimum absolute atomic E-state index is 0.00496. The van der Waals surface area contributed by atoms with E-state index in [0.29, 0.717) is 6.54 Å². The van der Waals surface area contributed by atoms with Crippen molar-refractivity contribution in [2.75, 3.05) is 6.54 Å². The Balaban J connectivity index is 2.06. The van der Waals surface area contributed by atoms with Gasteiger partial charge in [0.2, 0.25) is 5.91 Å². The van der Waals surface area contributed by atoms with Crippen LogP contribution in [0, 0.1) is 5.41 Å². The lowest BCUT2D eigenvalue weighted by Gasteiger charge is -2.35. The third-order valence-corrected chi connectivity index (χ3v) is 4.87. The van der Waals surface area contributed by atoms with Crippen LogP contribution in [0.2, 0.25) is 0 Å². The summed E-state index contributed by atoms with van der Waals surface area (Å²) in [6, 6.07) is 8.06. The van der Waals surface area contributed by atoms with E-state index in [1.165, 1.54) is 6.42 Å². The number of halogens is 1. The Morgan fingerprint density at radius 3 is 2.70 bits per heavy atom. The van der Waals surface area contributed by atoms with Gasteiger partial charge in [0, 0.05) is 11.0 Å². The van der Waals surface area contributed by atoms with E-state index in [1.54, 1.807) is 0 Å². The molecule has 1 fully saturated rings. The number of rotatable bonds is 4. The molecule has 2 rings (SSSR count). The number of hydrogen-bond donors (Lipinski definition) is 2. The molecule has 1 atom stereocenters. The van der Waals surface area contributed by atoms with Gasteiger partial charge in [0.25, 0.3) is 0 Å². The van der Waals surface area contributed by atoms with Crippen LogP contribution in [-0.4, -0.2) is 12.5 Å². The van der Waals surface area contributed by atoms with E-state index in [-0.39, 0.29) is 17.4 Å². The molecule has 1 aliphatic rings. The van der Waals surface area contributed by atoms with Gasteiger partial charge in [0.05, 0.1) is 11.5 Å². The van der Waals surface area contributed by atoms with Gasteiger partial charge in [-0.15, -0.1) is 0 Å². The summed E-state index contributed by atoms with van der Waals surface area (Å²) in [4.78, 5) is 12.6. The third-order valence-electron chi connectivity index (χ3n) is 4.38. The van der Waals surface area contributed by atoms with Crippen LogP contribution in [0.5, 0.6) is 0 Å². The van der Waals surface area contributed by atoms with Crippen molar-refractivity contribution in [2.45, 2.75) is 45.1 Å². The minimum Gasteiger partial charge on any atom is -0.349 e. The maximum absolute atomic E-state index is 12.6. The number of carbonyl (C=O) groups excluding carboxylic acids is 1. The SMILES string of the molecule is C[C@@H](NC(=O)C1(CN)CCCCC1)c1cccc(Br)c1. The molecule has 0 saturated heterocycles. The largest absolute Gasteiger partial charge is 0.349 e. The fourth-order valence-corrected chi connectivity index (χ4v) is 3.38. The average Bonchev–Trinajstić information content (AvgIpc) is 2.47. The highest BCUT2D eigenvalue weighted by Crippen LogP contribution is 2.36. The standard InChI is InChI=1S/C16H23BrN2O/c1-12(13-6-5-7-14(17)10-13)19-15(20)16(11-18)8-3-2-4-9-16/h5-7,10,12H,2-4,8-9,11,18H2,1H3,(H,19,20)/t12-/m1/s1. The molecule has 3 nitrogen and oxygen atoms in total. The number of nitrogens with one attached hydrogen (secondary N) is 1. The lowest BCUT2D eigenvalue weighted by atomic mass is 9.73. The lowest BCUT2D eigenvalue weighted by Crippen LogP contribution is -2.47. The highest BCUT2D eigenvalue weighted by atomic mass is 79.9. The summed E-state index contributed by atoms with van der Waals surface area (Å²) in [5.74, 6) is 0.118. The number of amides is 1. The van der Waals surface area contributed by atoms with Crippen molar-refractivity contribution in [1.29, 1.82) is 0 Å². The molecule has 1 aromatic rings. The molecular weight excluding hydrogens is 316 g/mol. The van der Waals surface area contributed by atoms with Crippen LogP contribution in [0.1, 0.15) is 50.6 Å². The summed E-state index contributed by atoms with van der Waals surface area (Å²) in [5, 5.41) is 3.15. The molecule has 0 heterocycles. The second-order valence-corrected chi connectivity index (χ2v) is 6.71. The molecule has 0 radical (unpaired) electrons. The van der Waals surface area contributed by atoms with E-state index >= 15 is 0 Å². The van der Waals surface area contributed by atoms with E-state index in [2.05, 4.69) is 21.2 Å². The Labute approximate surface area is 129 Å². The van der Waals surface area contributed by atoms with E-state index in [9.17, 15) is 4.79 Å². The van der Waals surface area contributed by atoms with Gasteiger partial charge in [0.1, 0.15) is 0 Å². The molecular formula is C16H23BrN2O. The molecule has 1 saturated carbocycles. The molecule has 0 spiro atoms. The third kappa shape index (κ3) is 3.41. The van der Waals surface area contributed by atoms with Crippen LogP contribution >= 0.6 is 15.9 Å². The molecule has 0 aliphatic heterocycles. The lowest BCUT2D eigenvalue weighted by molar-refractivity contribution is -0.133. The molecule has 110 valence electrons. The van der Waals surface area contributed by atoms with E-state index in [4.69, 9.17) is 5.73 Å². The van der Waals surface area contributed by atoms with Gasteiger partial charge in [0.15, 0.2) is 0 Å². The Morgan fingerprint density at radius 2 is 2.10 bits per heavy atom. The van der Waals surface area contributed by atoms with Crippen molar-refractivity contribution in [3.8, 4) is 0 Å². The fourth-order valence-electron chi connectivity index (χ4n) is 2.96. The first-order valence-electron chi connectivity index (χ1n) is 7.34. The van der Waals surface area contributed by atoms with Crippen molar-refractivity contribution in [3.05, 3.63) is 34.3 Å². The summed E-state index contributed by atoms with van der Waals surface area (Å²) in [6.07, 6.45) is 5.27. The van der Waals surface area contributed by atoms with E-state index < -0.39 is 0 Å². The number of nitrogens with two attached hydrogens (primary N) is 1. The van der Waals surface area contributed by atoms with Crippen LogP contribution in [-0.2, 0) is 4.79 Å². The summed E-state index contributed by atoms with van der Waals surface area (Å²) >= 11 is 3.46. The normalized spacial score (nSPS) is 19.4. The molecule has 3 N–H and O–H groups in total. The van der Waals surface area contributed by atoms with E-state index in [0.717, 1.165) is 35.7 Å². The van der Waals surface area contributed by atoms with Gasteiger partial charge in [-0.05, 0) is 37.5 Å². The molecule has 0 unspecified atom stereocenters. The zero-order valence-electron chi connectivity index (χ0n) is 12.0. The first-order chi connectivity index (χ1) is 9.57. The van der Waals surface area contributed by atoms with Gasteiger partial charge in [-0.25, -0.2) is 0 Å². The predicted molar refractivity (Wildman–Crippen MR) is 85.3 cm³/mol. The van der Waals surface area contributed by atoms with Crippen molar-refractivity contribution < 1.29 is 4.79 Å². The summed E-state index contributed by atoms with van der Waals surface area (Å²) in [6.45, 7) is 2.47. The first-order valence-corrected chi connectivity index (χ1v) is 8.13. The molecule has 1 aromatic carbocycles. The Bertz CT molecular complexity index is 469. The molecule has 0 bridgehead atoms. The van der Waals surface area contributed by atoms with Crippen molar-refractivity contribution in [3.63, 3.8) is 0 Å². The zero-order valence-corrected chi connectivity index (χ0v) is 13.6. The Morgan fingerprint density at radius 1 is 1.40 bits per heavy atom. The topological polar surface area (TPSA) is 55.1 Å². The van der Waals surface area contributed by atoms with Gasteiger partial charge >= 0.3 is 0 Å². The molecule has 1 amide bonds. The minimum atomic E-state index is -0.349. The zero-order chi connectivity index (χ0) is 14.6. The van der Waals surface area contributed by atoms with Gasteiger partial charge < -0.3 is 11.1 Å². The quantitative estimate of drug-likeness (QED) is 0.882. The number of hydrogen-bond acceptors (Lipinski definition) is 2. The number of carbonyl (C=O) groups is 1. The van der Waals surface area contributed by atoms with E-state index in [1.807, 2.05) is 31.2 Å². The van der Waals surface area contributed by atoms with Crippen molar-refractivity contribution >= 4 is 21.8 Å². The molecule has 20 heavy (non-hydrogen) atoms. The van der Waals surface area contributed by atoms with Crippen LogP contribution in [0.4, 0.5) is 0 Å². The van der Waals surface area contributed by atoms with Gasteiger partial charge in [-0.2, -0.15) is 0 Å². The highest BCUT2D eigenvalue weighted by molar-refractivity contribution is 9.10. The summed E-state index contributed by atoms with van der Waals surface area (Å²) < 4.78 is 1.03. The Hall–Kier alpha value is -0.870. The van der Waals surface area contributed by atoms with Gasteiger partial charge in [-0.1, -0.05) is 47.3 Å². The van der Waals surface area contributed by atoms with Crippen LogP contribution in [0.3, 0.4) is 0 Å². The summed E-state index contributed by atoms with van der Waals surface area (Å²) in [7, 11) is 0. The number of benzene rings is 1. The second kappa shape index (κ2) is 6.72. The van der Waals surface area contributed by atoms with Crippen molar-refractivity contribution in [2.24, 2.45) is 11.1 Å².